The third-order valence-corrected chi connectivity index (χ3v) is 8.83. The van der Waals surface area contributed by atoms with Gasteiger partial charge in [0.05, 0.1) is 36.3 Å². The number of hydrogen-bond donors (Lipinski definition) is 1. The molecule has 1 aliphatic carbocycles. The number of rotatable bonds is 4. The van der Waals surface area contributed by atoms with E-state index in [2.05, 4.69) is 50.8 Å². The van der Waals surface area contributed by atoms with Crippen LogP contribution in [0.4, 0.5) is 0 Å². The highest BCUT2D eigenvalue weighted by molar-refractivity contribution is 7.16. The SMILES string of the molecule is Cn1ncc2ccc(-c3n[nH]c4c3Cc3sc(-c5csc(CN6CCOCC6)c5)cc3-4)cc21. The summed E-state index contributed by atoms with van der Waals surface area (Å²) < 4.78 is 7.40. The van der Waals surface area contributed by atoms with Crippen molar-refractivity contribution in [2.24, 2.45) is 7.05 Å². The normalized spacial score (nSPS) is 15.9. The quantitative estimate of drug-likeness (QED) is 0.384. The lowest BCUT2D eigenvalue weighted by atomic mass is 10.0. The number of morpholine rings is 1. The van der Waals surface area contributed by atoms with Crippen LogP contribution >= 0.6 is 22.7 Å². The molecule has 33 heavy (non-hydrogen) atoms. The molecule has 7 rings (SSSR count). The van der Waals surface area contributed by atoms with E-state index in [-0.39, 0.29) is 0 Å². The van der Waals surface area contributed by atoms with E-state index in [1.165, 1.54) is 37.0 Å². The standard InChI is InChI=1S/C25H23N5OS2/c1-29-21-9-15(2-3-16(21)12-26-29)24-20-11-23-19(25(20)28-27-24)10-22(33-23)17-8-18(32-14-17)13-30-4-6-31-7-5-30/h2-3,8-10,12,14H,4-7,11,13H2,1H3,(H,27,28). The van der Waals surface area contributed by atoms with Crippen LogP contribution in [0.15, 0.2) is 41.9 Å². The molecule has 0 saturated carbocycles. The van der Waals surface area contributed by atoms with Gasteiger partial charge in [-0.1, -0.05) is 12.1 Å². The average molecular weight is 474 g/mol. The zero-order chi connectivity index (χ0) is 21.9. The van der Waals surface area contributed by atoms with Crippen molar-refractivity contribution < 1.29 is 4.74 Å². The highest BCUT2D eigenvalue weighted by Gasteiger charge is 2.28. The number of aromatic nitrogens is 4. The monoisotopic (exact) mass is 473 g/mol. The number of aryl methyl sites for hydroxylation is 1. The molecule has 0 atom stereocenters. The second kappa shape index (κ2) is 7.63. The summed E-state index contributed by atoms with van der Waals surface area (Å²) in [6.07, 6.45) is 2.85. The van der Waals surface area contributed by atoms with E-state index in [1.807, 2.05) is 40.6 Å². The van der Waals surface area contributed by atoms with E-state index in [9.17, 15) is 0 Å². The summed E-state index contributed by atoms with van der Waals surface area (Å²) >= 11 is 3.78. The molecule has 2 aliphatic rings. The van der Waals surface area contributed by atoms with Gasteiger partial charge < -0.3 is 4.74 Å². The third-order valence-electron chi connectivity index (χ3n) is 6.73. The van der Waals surface area contributed by atoms with Gasteiger partial charge in [0, 0.05) is 75.4 Å². The number of aromatic amines is 1. The van der Waals surface area contributed by atoms with Crippen molar-refractivity contribution in [3.05, 3.63) is 57.2 Å². The molecular formula is C25H23N5OS2. The Labute approximate surface area is 199 Å². The lowest BCUT2D eigenvalue weighted by molar-refractivity contribution is 0.0346. The molecule has 8 heteroatoms. The van der Waals surface area contributed by atoms with Crippen molar-refractivity contribution >= 4 is 33.6 Å². The molecule has 1 N–H and O–H groups in total. The van der Waals surface area contributed by atoms with Crippen LogP contribution in [0, 0.1) is 0 Å². The van der Waals surface area contributed by atoms with Crippen molar-refractivity contribution in [3.8, 4) is 33.0 Å². The fraction of sp³-hybridized carbons (Fsp3) is 0.280. The smallest absolute Gasteiger partial charge is 0.0963 e. The Kier molecular flexibility index (Phi) is 4.55. The van der Waals surface area contributed by atoms with E-state index in [0.717, 1.165) is 61.4 Å². The topological polar surface area (TPSA) is 59.0 Å². The predicted molar refractivity (Wildman–Crippen MR) is 134 cm³/mol. The summed E-state index contributed by atoms with van der Waals surface area (Å²) in [6.45, 7) is 4.77. The summed E-state index contributed by atoms with van der Waals surface area (Å²) in [5.74, 6) is 0. The number of H-pyrrole nitrogens is 1. The molecule has 0 radical (unpaired) electrons. The molecule has 1 fully saturated rings. The van der Waals surface area contributed by atoms with Crippen LogP contribution in [0.3, 0.4) is 0 Å². The third kappa shape index (κ3) is 3.28. The van der Waals surface area contributed by atoms with Crippen molar-refractivity contribution in [1.29, 1.82) is 0 Å². The van der Waals surface area contributed by atoms with Gasteiger partial charge in [0.1, 0.15) is 0 Å². The molecule has 5 aromatic rings. The molecule has 0 spiro atoms. The molecule has 4 aromatic heterocycles. The number of fused-ring (bicyclic) bond motifs is 4. The number of nitrogens with one attached hydrogen (secondary N) is 1. The Morgan fingerprint density at radius 2 is 2.03 bits per heavy atom. The lowest BCUT2D eigenvalue weighted by Gasteiger charge is -2.25. The van der Waals surface area contributed by atoms with Gasteiger partial charge in [0.15, 0.2) is 0 Å². The molecule has 6 nitrogen and oxygen atoms in total. The minimum Gasteiger partial charge on any atom is -0.379 e. The van der Waals surface area contributed by atoms with Gasteiger partial charge in [-0.15, -0.1) is 22.7 Å². The highest BCUT2D eigenvalue weighted by Crippen LogP contribution is 2.47. The van der Waals surface area contributed by atoms with E-state index in [0.29, 0.717) is 0 Å². The van der Waals surface area contributed by atoms with Crippen LogP contribution in [-0.2, 0) is 24.8 Å². The van der Waals surface area contributed by atoms with Crippen LogP contribution in [0.25, 0.3) is 43.9 Å². The number of nitrogens with zero attached hydrogens (tertiary/aromatic N) is 4. The second-order valence-corrected chi connectivity index (χ2v) is 10.9. The Bertz CT molecular complexity index is 1480. The maximum absolute atomic E-state index is 5.48. The van der Waals surface area contributed by atoms with E-state index in [4.69, 9.17) is 9.84 Å². The molecule has 1 aliphatic heterocycles. The fourth-order valence-corrected chi connectivity index (χ4v) is 7.10. The summed E-state index contributed by atoms with van der Waals surface area (Å²) in [7, 11) is 1.98. The molecule has 0 amide bonds. The van der Waals surface area contributed by atoms with Gasteiger partial charge in [-0.3, -0.25) is 14.7 Å². The van der Waals surface area contributed by atoms with E-state index in [1.54, 1.807) is 0 Å². The largest absolute Gasteiger partial charge is 0.379 e. The van der Waals surface area contributed by atoms with Gasteiger partial charge in [-0.05, 0) is 23.6 Å². The molecule has 1 aromatic carbocycles. The Morgan fingerprint density at radius 3 is 2.94 bits per heavy atom. The van der Waals surface area contributed by atoms with Gasteiger partial charge in [0.25, 0.3) is 0 Å². The first-order valence-corrected chi connectivity index (χ1v) is 12.9. The minimum atomic E-state index is 0.848. The molecule has 0 unspecified atom stereocenters. The van der Waals surface area contributed by atoms with E-state index < -0.39 is 0 Å². The maximum atomic E-state index is 5.48. The zero-order valence-electron chi connectivity index (χ0n) is 18.3. The van der Waals surface area contributed by atoms with Gasteiger partial charge in [-0.2, -0.15) is 10.2 Å². The number of benzene rings is 1. The Morgan fingerprint density at radius 1 is 1.12 bits per heavy atom. The summed E-state index contributed by atoms with van der Waals surface area (Å²) in [4.78, 5) is 6.69. The van der Waals surface area contributed by atoms with Crippen LogP contribution < -0.4 is 0 Å². The highest BCUT2D eigenvalue weighted by atomic mass is 32.1. The molecular weight excluding hydrogens is 450 g/mol. The summed E-state index contributed by atoms with van der Waals surface area (Å²) in [5, 5.41) is 15.9. The average Bonchev–Trinajstić information content (AvgIpc) is 3.63. The number of thiophene rings is 2. The lowest BCUT2D eigenvalue weighted by Crippen LogP contribution is -2.35. The zero-order valence-corrected chi connectivity index (χ0v) is 19.9. The predicted octanol–water partition coefficient (Wildman–Crippen LogP) is 5.16. The van der Waals surface area contributed by atoms with Crippen LogP contribution in [0.1, 0.15) is 15.3 Å². The molecule has 166 valence electrons. The van der Waals surface area contributed by atoms with Crippen molar-refractivity contribution in [1.82, 2.24) is 24.9 Å². The van der Waals surface area contributed by atoms with Gasteiger partial charge in [-0.25, -0.2) is 0 Å². The Balaban J connectivity index is 1.17. The van der Waals surface area contributed by atoms with Gasteiger partial charge in [0.2, 0.25) is 0 Å². The summed E-state index contributed by atoms with van der Waals surface area (Å²) in [5.41, 5.74) is 8.46. The van der Waals surface area contributed by atoms with Crippen molar-refractivity contribution in [2.45, 2.75) is 13.0 Å². The first kappa shape index (κ1) is 19.7. The van der Waals surface area contributed by atoms with E-state index >= 15 is 0 Å². The molecule has 0 bridgehead atoms. The Hall–Kier alpha value is -2.78. The van der Waals surface area contributed by atoms with Crippen LogP contribution in [0.2, 0.25) is 0 Å². The molecule has 1 saturated heterocycles. The minimum absolute atomic E-state index is 0.848. The maximum Gasteiger partial charge on any atom is 0.0963 e. The van der Waals surface area contributed by atoms with Crippen LogP contribution in [-0.4, -0.2) is 51.2 Å². The summed E-state index contributed by atoms with van der Waals surface area (Å²) in [6, 6.07) is 11.2. The number of ether oxygens (including phenoxy) is 1. The fourth-order valence-electron chi connectivity index (χ4n) is 4.94. The van der Waals surface area contributed by atoms with Crippen LogP contribution in [0.5, 0.6) is 0 Å². The van der Waals surface area contributed by atoms with Crippen molar-refractivity contribution in [3.63, 3.8) is 0 Å². The number of hydrogen-bond acceptors (Lipinski definition) is 6. The second-order valence-electron chi connectivity index (χ2n) is 8.78. The first-order chi connectivity index (χ1) is 16.2. The van der Waals surface area contributed by atoms with Crippen molar-refractivity contribution in [2.75, 3.05) is 26.3 Å². The molecule has 5 heterocycles. The first-order valence-electron chi connectivity index (χ1n) is 11.2. The van der Waals surface area contributed by atoms with Gasteiger partial charge >= 0.3 is 0 Å².